The number of furan rings is 1. The maximum Gasteiger partial charge on any atom is 0.200 e. The van der Waals surface area contributed by atoms with Crippen LogP contribution in [0.3, 0.4) is 0 Å². The van der Waals surface area contributed by atoms with Crippen molar-refractivity contribution >= 4 is 28.4 Å². The topological polar surface area (TPSA) is 76.7 Å². The molecule has 0 saturated heterocycles. The van der Waals surface area contributed by atoms with E-state index in [0.717, 1.165) is 10.9 Å². The smallest absolute Gasteiger partial charge is 0.200 e. The minimum Gasteiger partial charge on any atom is -0.461 e. The van der Waals surface area contributed by atoms with Crippen LogP contribution in [-0.2, 0) is 6.54 Å². The first-order valence-corrected chi connectivity index (χ1v) is 9.42. The number of Topliss-reactive ketones (excluding diaryl/α,β-unsaturated/α-hetero) is 1. The van der Waals surface area contributed by atoms with Crippen molar-refractivity contribution in [1.82, 2.24) is 19.7 Å². The maximum atomic E-state index is 13.0. The van der Waals surface area contributed by atoms with E-state index in [0.29, 0.717) is 28.8 Å². The van der Waals surface area contributed by atoms with Crippen LogP contribution in [0.4, 0.5) is 0 Å². The third-order valence-electron chi connectivity index (χ3n) is 4.28. The summed E-state index contributed by atoms with van der Waals surface area (Å²) in [6.45, 7) is 6.21. The van der Waals surface area contributed by atoms with Crippen LogP contribution in [-0.4, -0.2) is 30.8 Å². The van der Waals surface area contributed by atoms with E-state index in [2.05, 4.69) is 21.8 Å². The zero-order valence-electron chi connectivity index (χ0n) is 14.8. The van der Waals surface area contributed by atoms with Crippen molar-refractivity contribution in [2.75, 3.05) is 0 Å². The molecular formula is C20H18N4O2S. The van der Waals surface area contributed by atoms with E-state index in [1.165, 1.54) is 11.8 Å². The highest BCUT2D eigenvalue weighted by Crippen LogP contribution is 2.30. The fourth-order valence-corrected chi connectivity index (χ4v) is 3.89. The van der Waals surface area contributed by atoms with Gasteiger partial charge in [-0.15, -0.1) is 16.8 Å². The zero-order valence-corrected chi connectivity index (χ0v) is 15.6. The van der Waals surface area contributed by atoms with Crippen molar-refractivity contribution in [2.45, 2.75) is 23.9 Å². The van der Waals surface area contributed by atoms with Gasteiger partial charge in [0.15, 0.2) is 16.7 Å². The highest BCUT2D eigenvalue weighted by atomic mass is 32.2. The summed E-state index contributed by atoms with van der Waals surface area (Å²) in [6.07, 6.45) is 5.14. The Kier molecular flexibility index (Phi) is 4.68. The van der Waals surface area contributed by atoms with Gasteiger partial charge in [0.05, 0.1) is 11.5 Å². The van der Waals surface area contributed by atoms with E-state index in [1.54, 1.807) is 24.6 Å². The first-order valence-electron chi connectivity index (χ1n) is 8.54. The number of nitrogens with zero attached hydrogens (tertiary/aromatic N) is 3. The number of carbonyl (C=O) groups excluding carboxylic acids is 1. The Morgan fingerprint density at radius 2 is 2.19 bits per heavy atom. The molecule has 0 fully saturated rings. The van der Waals surface area contributed by atoms with Gasteiger partial charge >= 0.3 is 0 Å². The molecule has 27 heavy (non-hydrogen) atoms. The number of H-pyrrole nitrogens is 1. The van der Waals surface area contributed by atoms with Gasteiger partial charge in [-0.2, -0.15) is 0 Å². The van der Waals surface area contributed by atoms with E-state index in [9.17, 15) is 4.79 Å². The van der Waals surface area contributed by atoms with Gasteiger partial charge in [-0.25, -0.2) is 0 Å². The molecule has 0 bridgehead atoms. The number of hydrogen-bond acceptors (Lipinski definition) is 5. The molecule has 0 radical (unpaired) electrons. The Morgan fingerprint density at radius 3 is 2.96 bits per heavy atom. The average molecular weight is 378 g/mol. The first-order chi connectivity index (χ1) is 13.2. The number of aromatic nitrogens is 4. The quantitative estimate of drug-likeness (QED) is 0.290. The van der Waals surface area contributed by atoms with Gasteiger partial charge < -0.3 is 9.40 Å². The third kappa shape index (κ3) is 3.21. The fraction of sp³-hybridized carbons (Fsp3) is 0.150. The summed E-state index contributed by atoms with van der Waals surface area (Å²) in [6, 6.07) is 11.4. The van der Waals surface area contributed by atoms with Crippen molar-refractivity contribution in [3.8, 4) is 11.6 Å². The van der Waals surface area contributed by atoms with Gasteiger partial charge in [0.1, 0.15) is 0 Å². The predicted molar refractivity (Wildman–Crippen MR) is 106 cm³/mol. The molecule has 7 heteroatoms. The molecule has 0 aliphatic carbocycles. The standard InChI is InChI=1S/C20H18N4O2S/c1-3-10-24-19(17-9-6-11-26-17)22-23-20(24)27-13(2)18(25)15-12-21-16-8-5-4-7-14(15)16/h3-9,11-13,21H,1,10H2,2H3. The maximum absolute atomic E-state index is 13.0. The lowest BCUT2D eigenvalue weighted by atomic mass is 10.1. The number of thioether (sulfide) groups is 1. The molecule has 4 aromatic rings. The van der Waals surface area contributed by atoms with E-state index in [-0.39, 0.29) is 11.0 Å². The largest absolute Gasteiger partial charge is 0.461 e. The van der Waals surface area contributed by atoms with Gasteiger partial charge in [-0.3, -0.25) is 9.36 Å². The molecule has 0 aliphatic rings. The van der Waals surface area contributed by atoms with Crippen LogP contribution < -0.4 is 0 Å². The number of fused-ring (bicyclic) bond motifs is 1. The molecule has 1 unspecified atom stereocenters. The summed E-state index contributed by atoms with van der Waals surface area (Å²) < 4.78 is 7.34. The second-order valence-corrected chi connectivity index (χ2v) is 7.36. The number of aromatic amines is 1. The van der Waals surface area contributed by atoms with Gasteiger partial charge in [-0.05, 0) is 25.1 Å². The van der Waals surface area contributed by atoms with Crippen LogP contribution in [0.25, 0.3) is 22.5 Å². The van der Waals surface area contributed by atoms with Crippen molar-refractivity contribution in [1.29, 1.82) is 0 Å². The van der Waals surface area contributed by atoms with Crippen LogP contribution in [0.15, 0.2) is 71.1 Å². The van der Waals surface area contributed by atoms with E-state index < -0.39 is 0 Å². The molecule has 0 amide bonds. The SMILES string of the molecule is C=CCn1c(SC(C)C(=O)c2c[nH]c3ccccc23)nnc1-c1ccco1. The van der Waals surface area contributed by atoms with Crippen molar-refractivity contribution in [3.05, 3.63) is 67.1 Å². The number of ketones is 1. The van der Waals surface area contributed by atoms with Crippen LogP contribution in [0, 0.1) is 0 Å². The van der Waals surface area contributed by atoms with Gasteiger partial charge in [0, 0.05) is 29.2 Å². The minimum absolute atomic E-state index is 0.0464. The van der Waals surface area contributed by atoms with E-state index >= 15 is 0 Å². The molecule has 1 aromatic carbocycles. The van der Waals surface area contributed by atoms with Crippen LogP contribution in [0.5, 0.6) is 0 Å². The molecule has 136 valence electrons. The Balaban J connectivity index is 1.62. The van der Waals surface area contributed by atoms with Gasteiger partial charge in [0.25, 0.3) is 0 Å². The second-order valence-electron chi connectivity index (χ2n) is 6.06. The normalized spacial score (nSPS) is 12.3. The molecule has 3 heterocycles. The molecular weight excluding hydrogens is 360 g/mol. The molecule has 4 rings (SSSR count). The second kappa shape index (κ2) is 7.28. The Bertz CT molecular complexity index is 1090. The third-order valence-corrected chi connectivity index (χ3v) is 5.36. The number of hydrogen-bond donors (Lipinski definition) is 1. The summed E-state index contributed by atoms with van der Waals surface area (Å²) in [5.41, 5.74) is 1.64. The summed E-state index contributed by atoms with van der Waals surface area (Å²) in [5, 5.41) is 9.77. The molecule has 6 nitrogen and oxygen atoms in total. The summed E-state index contributed by atoms with van der Waals surface area (Å²) in [4.78, 5) is 16.1. The summed E-state index contributed by atoms with van der Waals surface area (Å²) in [7, 11) is 0. The fourth-order valence-electron chi connectivity index (χ4n) is 2.96. The van der Waals surface area contributed by atoms with Crippen LogP contribution >= 0.6 is 11.8 Å². The number of allylic oxidation sites excluding steroid dienone is 1. The minimum atomic E-state index is -0.318. The highest BCUT2D eigenvalue weighted by molar-refractivity contribution is 8.00. The Labute approximate surface area is 160 Å². The monoisotopic (exact) mass is 378 g/mol. The number of rotatable bonds is 7. The molecule has 0 aliphatic heterocycles. The van der Waals surface area contributed by atoms with Crippen molar-refractivity contribution in [3.63, 3.8) is 0 Å². The van der Waals surface area contributed by atoms with Crippen LogP contribution in [0.2, 0.25) is 0 Å². The van der Waals surface area contributed by atoms with Crippen LogP contribution in [0.1, 0.15) is 17.3 Å². The van der Waals surface area contributed by atoms with E-state index in [4.69, 9.17) is 4.42 Å². The molecule has 0 spiro atoms. The predicted octanol–water partition coefficient (Wildman–Crippen LogP) is 4.57. The number of para-hydroxylation sites is 1. The Morgan fingerprint density at radius 1 is 1.33 bits per heavy atom. The highest BCUT2D eigenvalue weighted by Gasteiger charge is 2.23. The van der Waals surface area contributed by atoms with Crippen molar-refractivity contribution < 1.29 is 9.21 Å². The van der Waals surface area contributed by atoms with Gasteiger partial charge in [-0.1, -0.05) is 36.0 Å². The zero-order chi connectivity index (χ0) is 18.8. The number of benzene rings is 1. The summed E-state index contributed by atoms with van der Waals surface area (Å²) in [5.74, 6) is 1.30. The van der Waals surface area contributed by atoms with E-state index in [1.807, 2.05) is 41.8 Å². The van der Waals surface area contributed by atoms with Gasteiger partial charge in [0.2, 0.25) is 5.82 Å². The lowest BCUT2D eigenvalue weighted by Crippen LogP contribution is -2.14. The molecule has 0 saturated carbocycles. The first kappa shape index (κ1) is 17.4. The molecule has 1 N–H and O–H groups in total. The molecule has 1 atom stereocenters. The average Bonchev–Trinajstić information content (AvgIpc) is 3.41. The Hall–Kier alpha value is -3.06. The molecule has 3 aromatic heterocycles. The van der Waals surface area contributed by atoms with Crippen molar-refractivity contribution in [2.24, 2.45) is 0 Å². The number of carbonyl (C=O) groups is 1. The lowest BCUT2D eigenvalue weighted by molar-refractivity contribution is 0.0995. The summed E-state index contributed by atoms with van der Waals surface area (Å²) >= 11 is 1.38. The lowest BCUT2D eigenvalue weighted by Gasteiger charge is -2.11. The number of nitrogens with one attached hydrogen (secondary N) is 1.